The summed E-state index contributed by atoms with van der Waals surface area (Å²) in [5.41, 5.74) is 5.63. The lowest BCUT2D eigenvalue weighted by Gasteiger charge is -2.20. The molecule has 3 amide bonds. The molecule has 0 saturated carbocycles. The minimum absolute atomic E-state index is 0.00494. The number of benzene rings is 1. The molecule has 1 rings (SSSR count). The van der Waals surface area contributed by atoms with Gasteiger partial charge >= 0.3 is 12.0 Å². The summed E-state index contributed by atoms with van der Waals surface area (Å²) in [5, 5.41) is 1.76. The van der Waals surface area contributed by atoms with Crippen LogP contribution in [0.3, 0.4) is 0 Å². The van der Waals surface area contributed by atoms with Gasteiger partial charge in [-0.05, 0) is 37.0 Å². The first-order valence-electron chi connectivity index (χ1n) is 8.17. The quantitative estimate of drug-likeness (QED) is 0.603. The lowest BCUT2D eigenvalue weighted by molar-refractivity contribution is -0.155. The van der Waals surface area contributed by atoms with E-state index in [2.05, 4.69) is 4.72 Å². The molecule has 9 nitrogen and oxygen atoms in total. The average molecular weight is 399 g/mol. The van der Waals surface area contributed by atoms with Crippen molar-refractivity contribution < 1.29 is 27.5 Å². The molecule has 0 spiro atoms. The van der Waals surface area contributed by atoms with Gasteiger partial charge in [-0.3, -0.25) is 14.9 Å². The number of primary amides is 1. The maximum Gasteiger partial charge on any atom is 0.324 e. The smallest absolute Gasteiger partial charge is 0.324 e. The van der Waals surface area contributed by atoms with Crippen LogP contribution in [0.4, 0.5) is 4.79 Å². The molecule has 0 aromatic heterocycles. The number of carbonyl (C=O) groups excluding carboxylic acids is 3. The van der Waals surface area contributed by atoms with Crippen molar-refractivity contribution in [3.05, 3.63) is 29.8 Å². The first-order chi connectivity index (χ1) is 12.2. The number of nitrogens with one attached hydrogen (secondary N) is 2. The van der Waals surface area contributed by atoms with Crippen molar-refractivity contribution in [2.75, 3.05) is 0 Å². The van der Waals surface area contributed by atoms with E-state index in [9.17, 15) is 22.8 Å². The SMILES string of the molecule is C[C@H](NS(=O)(=O)c1ccc(C(C)(C)C)cc1)C(=O)O[C@H](C)C(=O)NC(N)=O. The lowest BCUT2D eigenvalue weighted by Crippen LogP contribution is -2.45. The molecule has 0 heterocycles. The number of nitrogens with two attached hydrogens (primary N) is 1. The number of ether oxygens (including phenoxy) is 1. The number of carbonyl (C=O) groups is 3. The van der Waals surface area contributed by atoms with Gasteiger partial charge in [-0.1, -0.05) is 32.9 Å². The van der Waals surface area contributed by atoms with Gasteiger partial charge < -0.3 is 10.5 Å². The number of urea groups is 1. The molecule has 0 fully saturated rings. The number of imide groups is 1. The van der Waals surface area contributed by atoms with E-state index in [0.29, 0.717) is 0 Å². The summed E-state index contributed by atoms with van der Waals surface area (Å²) in [5.74, 6) is -1.89. The van der Waals surface area contributed by atoms with Crippen LogP contribution < -0.4 is 15.8 Å². The van der Waals surface area contributed by atoms with E-state index in [1.807, 2.05) is 20.8 Å². The van der Waals surface area contributed by atoms with Crippen LogP contribution in [-0.2, 0) is 29.8 Å². The Morgan fingerprint density at radius 3 is 2.04 bits per heavy atom. The van der Waals surface area contributed by atoms with Crippen LogP contribution in [-0.4, -0.2) is 38.5 Å². The zero-order valence-electron chi connectivity index (χ0n) is 15.9. The van der Waals surface area contributed by atoms with Gasteiger partial charge in [-0.2, -0.15) is 4.72 Å². The lowest BCUT2D eigenvalue weighted by atomic mass is 9.87. The topological polar surface area (TPSA) is 145 Å². The Hall–Kier alpha value is -2.46. The van der Waals surface area contributed by atoms with Crippen LogP contribution in [0.25, 0.3) is 0 Å². The van der Waals surface area contributed by atoms with Crippen LogP contribution in [0.5, 0.6) is 0 Å². The highest BCUT2D eigenvalue weighted by molar-refractivity contribution is 7.89. The standard InChI is InChI=1S/C17H25N3O6S/c1-10(15(22)26-11(2)14(21)19-16(18)23)20-27(24,25)13-8-6-12(7-9-13)17(3,4)5/h6-11,20H,1-5H3,(H3,18,19,21,23)/t10-,11+/m0/s1. The Morgan fingerprint density at radius 1 is 1.07 bits per heavy atom. The summed E-state index contributed by atoms with van der Waals surface area (Å²) in [6, 6.07) is 3.96. The number of hydrogen-bond acceptors (Lipinski definition) is 6. The van der Waals surface area contributed by atoms with Gasteiger partial charge in [0, 0.05) is 0 Å². The fourth-order valence-corrected chi connectivity index (χ4v) is 3.23. The Kier molecular flexibility index (Phi) is 7.10. The van der Waals surface area contributed by atoms with Gasteiger partial charge in [-0.15, -0.1) is 0 Å². The molecule has 0 unspecified atom stereocenters. The molecule has 0 aliphatic rings. The predicted octanol–water partition coefficient (Wildman–Crippen LogP) is 0.778. The molecule has 4 N–H and O–H groups in total. The third-order valence-corrected chi connectivity index (χ3v) is 5.18. The predicted molar refractivity (Wildman–Crippen MR) is 98.2 cm³/mol. The number of esters is 1. The van der Waals surface area contributed by atoms with Crippen molar-refractivity contribution in [2.24, 2.45) is 5.73 Å². The molecule has 0 aliphatic heterocycles. The Balaban J connectivity index is 2.79. The first kappa shape index (κ1) is 22.6. The van der Waals surface area contributed by atoms with E-state index in [4.69, 9.17) is 10.5 Å². The molecule has 27 heavy (non-hydrogen) atoms. The van der Waals surface area contributed by atoms with Gasteiger partial charge in [0.1, 0.15) is 6.04 Å². The Morgan fingerprint density at radius 2 is 1.59 bits per heavy atom. The summed E-state index contributed by atoms with van der Waals surface area (Å²) in [6.07, 6.45) is -1.32. The van der Waals surface area contributed by atoms with Crippen molar-refractivity contribution in [2.45, 2.75) is 57.1 Å². The minimum Gasteiger partial charge on any atom is -0.451 e. The number of sulfonamides is 1. The second-order valence-corrected chi connectivity index (χ2v) is 8.76. The second-order valence-electron chi connectivity index (χ2n) is 7.05. The molecule has 1 aromatic carbocycles. The van der Waals surface area contributed by atoms with Crippen LogP contribution in [0.2, 0.25) is 0 Å². The van der Waals surface area contributed by atoms with Gasteiger partial charge in [0.15, 0.2) is 6.10 Å². The molecule has 1 aromatic rings. The molecular weight excluding hydrogens is 374 g/mol. The fourth-order valence-electron chi connectivity index (χ4n) is 2.04. The highest BCUT2D eigenvalue weighted by atomic mass is 32.2. The van der Waals surface area contributed by atoms with Crippen molar-refractivity contribution in [1.82, 2.24) is 10.0 Å². The van der Waals surface area contributed by atoms with Crippen molar-refractivity contribution in [1.29, 1.82) is 0 Å². The summed E-state index contributed by atoms with van der Waals surface area (Å²) in [6.45, 7) is 8.51. The maximum atomic E-state index is 12.4. The third-order valence-electron chi connectivity index (χ3n) is 3.62. The summed E-state index contributed by atoms with van der Waals surface area (Å²) >= 11 is 0. The van der Waals surface area contributed by atoms with Crippen LogP contribution >= 0.6 is 0 Å². The van der Waals surface area contributed by atoms with Crippen molar-refractivity contribution >= 4 is 27.9 Å². The zero-order valence-corrected chi connectivity index (χ0v) is 16.7. The highest BCUT2D eigenvalue weighted by Gasteiger charge is 2.27. The van der Waals surface area contributed by atoms with E-state index < -0.39 is 40.1 Å². The van der Waals surface area contributed by atoms with Crippen LogP contribution in [0.1, 0.15) is 40.2 Å². The molecule has 10 heteroatoms. The van der Waals surface area contributed by atoms with E-state index in [1.165, 1.54) is 26.0 Å². The van der Waals surface area contributed by atoms with Gasteiger partial charge in [0.05, 0.1) is 4.90 Å². The summed E-state index contributed by atoms with van der Waals surface area (Å²) in [4.78, 5) is 34.1. The fraction of sp³-hybridized carbons (Fsp3) is 0.471. The number of rotatable bonds is 6. The van der Waals surface area contributed by atoms with E-state index in [-0.39, 0.29) is 10.3 Å². The number of amides is 3. The summed E-state index contributed by atoms with van der Waals surface area (Å²) < 4.78 is 31.9. The average Bonchev–Trinajstić information content (AvgIpc) is 2.52. The minimum atomic E-state index is -3.97. The Labute approximate surface area is 158 Å². The molecule has 2 atom stereocenters. The molecule has 0 bridgehead atoms. The van der Waals surface area contributed by atoms with Crippen molar-refractivity contribution in [3.8, 4) is 0 Å². The van der Waals surface area contributed by atoms with Gasteiger partial charge in [-0.25, -0.2) is 13.2 Å². The largest absolute Gasteiger partial charge is 0.451 e. The normalized spacial score (nSPS) is 14.1. The van der Waals surface area contributed by atoms with Crippen LogP contribution in [0, 0.1) is 0 Å². The van der Waals surface area contributed by atoms with Crippen LogP contribution in [0.15, 0.2) is 29.2 Å². The van der Waals surface area contributed by atoms with E-state index >= 15 is 0 Å². The second kappa shape index (κ2) is 8.49. The zero-order chi connectivity index (χ0) is 21.0. The molecular formula is C17H25N3O6S. The molecule has 0 radical (unpaired) electrons. The highest BCUT2D eigenvalue weighted by Crippen LogP contribution is 2.23. The number of hydrogen-bond donors (Lipinski definition) is 3. The first-order valence-corrected chi connectivity index (χ1v) is 9.66. The third kappa shape index (κ3) is 6.65. The molecule has 0 aliphatic carbocycles. The van der Waals surface area contributed by atoms with Gasteiger partial charge in [0.2, 0.25) is 10.0 Å². The molecule has 150 valence electrons. The molecule has 0 saturated heterocycles. The summed E-state index contributed by atoms with van der Waals surface area (Å²) in [7, 11) is -3.97. The van der Waals surface area contributed by atoms with Gasteiger partial charge in [0.25, 0.3) is 5.91 Å². The van der Waals surface area contributed by atoms with E-state index in [1.54, 1.807) is 17.4 Å². The van der Waals surface area contributed by atoms with E-state index in [0.717, 1.165) is 5.56 Å². The van der Waals surface area contributed by atoms with Crippen molar-refractivity contribution in [3.63, 3.8) is 0 Å². The Bertz CT molecular complexity index is 812. The maximum absolute atomic E-state index is 12.4. The monoisotopic (exact) mass is 399 g/mol.